The van der Waals surface area contributed by atoms with Gasteiger partial charge in [0.1, 0.15) is 11.4 Å². The van der Waals surface area contributed by atoms with Crippen molar-refractivity contribution in [2.45, 2.75) is 31.8 Å². The number of para-hydroxylation sites is 1. The van der Waals surface area contributed by atoms with Gasteiger partial charge in [0, 0.05) is 12.2 Å². The van der Waals surface area contributed by atoms with E-state index in [1.807, 2.05) is 36.4 Å². The van der Waals surface area contributed by atoms with Crippen LogP contribution in [0.2, 0.25) is 0 Å². The van der Waals surface area contributed by atoms with Crippen LogP contribution in [-0.2, 0) is 0 Å². The Hall–Kier alpha value is -3.08. The van der Waals surface area contributed by atoms with Gasteiger partial charge in [-0.1, -0.05) is 55.0 Å². The third-order valence-electron chi connectivity index (χ3n) is 5.48. The van der Waals surface area contributed by atoms with Crippen molar-refractivity contribution in [3.05, 3.63) is 87.3 Å². The topological polar surface area (TPSA) is 53.4 Å². The van der Waals surface area contributed by atoms with Crippen LogP contribution in [0.1, 0.15) is 37.4 Å². The van der Waals surface area contributed by atoms with Crippen molar-refractivity contribution in [2.24, 2.45) is 4.99 Å². The predicted octanol–water partition coefficient (Wildman–Crippen LogP) is 2.48. The van der Waals surface area contributed by atoms with Crippen LogP contribution < -0.4 is 16.3 Å². The molecule has 3 heterocycles. The van der Waals surface area contributed by atoms with E-state index in [9.17, 15) is 4.79 Å². The van der Waals surface area contributed by atoms with Crippen molar-refractivity contribution in [2.75, 3.05) is 6.54 Å². The van der Waals surface area contributed by atoms with E-state index in [0.29, 0.717) is 5.49 Å². The minimum absolute atomic E-state index is 0.00615. The minimum Gasteiger partial charge on any atom is -0.349 e. The summed E-state index contributed by atoms with van der Waals surface area (Å²) in [5.74, 6) is 0. The highest BCUT2D eigenvalue weighted by Gasteiger charge is 2.29. The molecular weight excluding hydrogens is 336 g/mol. The van der Waals surface area contributed by atoms with Gasteiger partial charge in [-0.3, -0.25) is 9.89 Å². The fourth-order valence-electron chi connectivity index (χ4n) is 4.18. The lowest BCUT2D eigenvalue weighted by Gasteiger charge is -2.33. The van der Waals surface area contributed by atoms with Gasteiger partial charge in [0.05, 0.1) is 5.69 Å². The first kappa shape index (κ1) is 16.1. The van der Waals surface area contributed by atoms with Crippen molar-refractivity contribution in [1.82, 2.24) is 14.7 Å². The zero-order chi connectivity index (χ0) is 18.2. The summed E-state index contributed by atoms with van der Waals surface area (Å²) in [6.07, 6.45) is 4.29. The molecule has 2 aromatic carbocycles. The van der Waals surface area contributed by atoms with Gasteiger partial charge in [0.25, 0.3) is 5.56 Å². The molecule has 1 saturated heterocycles. The summed E-state index contributed by atoms with van der Waals surface area (Å²) < 4.78 is 1.62. The van der Waals surface area contributed by atoms with Crippen LogP contribution in [-0.4, -0.2) is 21.2 Å². The number of aromatic nitrogens is 2. The molecule has 0 aliphatic carbocycles. The second-order valence-electron chi connectivity index (χ2n) is 7.18. The molecule has 1 unspecified atom stereocenters. The number of hydrogen-bond acceptors (Lipinski definition) is 3. The number of benzene rings is 2. The Morgan fingerprint density at radius 2 is 1.67 bits per heavy atom. The zero-order valence-corrected chi connectivity index (χ0v) is 15.1. The molecule has 1 aromatic heterocycles. The van der Waals surface area contributed by atoms with Crippen molar-refractivity contribution < 1.29 is 0 Å². The maximum atomic E-state index is 13.2. The van der Waals surface area contributed by atoms with Crippen LogP contribution in [0.5, 0.6) is 0 Å². The Kier molecular flexibility index (Phi) is 3.93. The zero-order valence-electron chi connectivity index (χ0n) is 15.1. The van der Waals surface area contributed by atoms with Crippen molar-refractivity contribution in [1.29, 1.82) is 0 Å². The van der Waals surface area contributed by atoms with Crippen LogP contribution in [0.3, 0.4) is 0 Å². The lowest BCUT2D eigenvalue weighted by molar-refractivity contribution is 0.289. The number of hydrogen-bond donors (Lipinski definition) is 1. The van der Waals surface area contributed by atoms with Gasteiger partial charge >= 0.3 is 0 Å². The Morgan fingerprint density at radius 3 is 2.44 bits per heavy atom. The molecule has 5 heteroatoms. The van der Waals surface area contributed by atoms with Crippen LogP contribution in [0.15, 0.2) is 70.5 Å². The quantitative estimate of drug-likeness (QED) is 0.765. The van der Waals surface area contributed by atoms with Gasteiger partial charge in [-0.05, 0) is 37.0 Å². The van der Waals surface area contributed by atoms with E-state index in [4.69, 9.17) is 4.99 Å². The Morgan fingerprint density at radius 1 is 0.926 bits per heavy atom. The number of H-pyrrole nitrogens is 1. The van der Waals surface area contributed by atoms with E-state index in [0.717, 1.165) is 48.0 Å². The molecular formula is C22H22N4O. The fraction of sp³-hybridized carbons (Fsp3) is 0.273. The van der Waals surface area contributed by atoms with Crippen molar-refractivity contribution >= 4 is 5.70 Å². The first-order chi connectivity index (χ1) is 13.3. The summed E-state index contributed by atoms with van der Waals surface area (Å²) in [6, 6.07) is 20.1. The summed E-state index contributed by atoms with van der Waals surface area (Å²) in [6.45, 7) is 0.938. The van der Waals surface area contributed by atoms with Crippen molar-refractivity contribution in [3.63, 3.8) is 0 Å². The summed E-state index contributed by atoms with van der Waals surface area (Å²) in [7, 11) is 0. The maximum absolute atomic E-state index is 13.2. The van der Waals surface area contributed by atoms with Gasteiger partial charge in [0.2, 0.25) is 0 Å². The summed E-state index contributed by atoms with van der Waals surface area (Å²) in [5, 5.41) is 4.00. The van der Waals surface area contributed by atoms with E-state index >= 15 is 0 Å². The highest BCUT2D eigenvalue weighted by molar-refractivity contribution is 5.46. The molecule has 0 spiro atoms. The molecule has 1 fully saturated rings. The number of nitrogens with one attached hydrogen (secondary N) is 1. The summed E-state index contributed by atoms with van der Waals surface area (Å²) in [4.78, 5) is 20.6. The van der Waals surface area contributed by atoms with Gasteiger partial charge in [-0.25, -0.2) is 9.67 Å². The van der Waals surface area contributed by atoms with E-state index < -0.39 is 0 Å². The van der Waals surface area contributed by atoms with Crippen LogP contribution in [0.25, 0.3) is 11.4 Å². The fourth-order valence-corrected chi connectivity index (χ4v) is 4.18. The minimum atomic E-state index is -0.0749. The number of aromatic amines is 1. The van der Waals surface area contributed by atoms with Crippen molar-refractivity contribution in [3.8, 4) is 5.69 Å². The van der Waals surface area contributed by atoms with Crippen LogP contribution in [0.4, 0.5) is 0 Å². The molecule has 5 rings (SSSR count). The number of fused-ring (bicyclic) bond motifs is 2. The molecule has 0 bridgehead atoms. The summed E-state index contributed by atoms with van der Waals surface area (Å²) >= 11 is 0. The molecule has 1 atom stereocenters. The Labute approximate surface area is 157 Å². The molecule has 136 valence electrons. The number of rotatable bonds is 2. The molecule has 2 aliphatic heterocycles. The standard InChI is InChI=1S/C22H22N4O/c27-22-19-18-14-8-3-9-15-25(18)21(16-10-4-1-5-11-16)23-20(19)24-26(22)17-12-6-2-7-13-17/h1-2,4-7,10-13,21H,3,8-9,14-15H2,(H,23,24). The molecule has 5 nitrogen and oxygen atoms in total. The first-order valence-corrected chi connectivity index (χ1v) is 9.62. The SMILES string of the molecule is O=c1c2c([nH]n1-c1ccccc1)=NC(c1ccccc1)N1CCCCCC=21. The maximum Gasteiger partial charge on any atom is 0.282 e. The van der Waals surface area contributed by atoms with Crippen LogP contribution in [0, 0.1) is 0 Å². The molecule has 0 saturated carbocycles. The highest BCUT2D eigenvalue weighted by Crippen LogP contribution is 2.31. The van der Waals surface area contributed by atoms with Gasteiger partial charge < -0.3 is 4.90 Å². The van der Waals surface area contributed by atoms with Gasteiger partial charge in [-0.2, -0.15) is 0 Å². The number of nitrogens with zero attached hydrogens (tertiary/aromatic N) is 3. The van der Waals surface area contributed by atoms with E-state index in [-0.39, 0.29) is 11.7 Å². The van der Waals surface area contributed by atoms with E-state index in [1.54, 1.807) is 4.68 Å². The van der Waals surface area contributed by atoms with E-state index in [2.05, 4.69) is 34.3 Å². The predicted molar refractivity (Wildman–Crippen MR) is 105 cm³/mol. The third kappa shape index (κ3) is 2.70. The van der Waals surface area contributed by atoms with Gasteiger partial charge in [0.15, 0.2) is 5.49 Å². The smallest absolute Gasteiger partial charge is 0.282 e. The highest BCUT2D eigenvalue weighted by atomic mass is 16.1. The molecule has 1 N–H and O–H groups in total. The molecule has 0 amide bonds. The lowest BCUT2D eigenvalue weighted by Crippen LogP contribution is -2.46. The largest absolute Gasteiger partial charge is 0.349 e. The third-order valence-corrected chi connectivity index (χ3v) is 5.48. The second kappa shape index (κ2) is 6.58. The first-order valence-electron chi connectivity index (χ1n) is 9.62. The molecule has 0 radical (unpaired) electrons. The second-order valence-corrected chi connectivity index (χ2v) is 7.18. The monoisotopic (exact) mass is 358 g/mol. The summed E-state index contributed by atoms with van der Waals surface area (Å²) in [5.41, 5.74) is 3.83. The Bertz CT molecular complexity index is 1130. The molecule has 2 aliphatic rings. The molecule has 3 aromatic rings. The Balaban J connectivity index is 1.77. The average molecular weight is 358 g/mol. The average Bonchev–Trinajstić information content (AvgIpc) is 2.89. The van der Waals surface area contributed by atoms with Crippen LogP contribution >= 0.6 is 0 Å². The van der Waals surface area contributed by atoms with E-state index in [1.165, 1.54) is 6.42 Å². The molecule has 27 heavy (non-hydrogen) atoms. The lowest BCUT2D eigenvalue weighted by atomic mass is 10.1. The van der Waals surface area contributed by atoms with Gasteiger partial charge in [-0.15, -0.1) is 0 Å². The normalized spacial score (nSPS) is 19.0.